The van der Waals surface area contributed by atoms with Gasteiger partial charge in [-0.3, -0.25) is 9.78 Å². The molecule has 1 amide bonds. The number of nitrogens with zero attached hydrogens (tertiary/aromatic N) is 5. The van der Waals surface area contributed by atoms with Crippen LogP contribution in [0, 0.1) is 11.8 Å². The first-order chi connectivity index (χ1) is 16.4. The fourth-order valence-corrected chi connectivity index (χ4v) is 5.17. The second-order valence-electron chi connectivity index (χ2n) is 9.82. The zero-order valence-corrected chi connectivity index (χ0v) is 19.6. The van der Waals surface area contributed by atoms with Crippen molar-refractivity contribution < 1.29 is 24.2 Å². The summed E-state index contributed by atoms with van der Waals surface area (Å²) >= 11 is 0. The van der Waals surface area contributed by atoms with E-state index in [1.807, 2.05) is 7.05 Å². The largest absolute Gasteiger partial charge is 0.489 e. The maximum Gasteiger partial charge on any atom is 0.410 e. The molecule has 10 nitrogen and oxygen atoms in total. The summed E-state index contributed by atoms with van der Waals surface area (Å²) in [5.74, 6) is 0.0956. The lowest BCUT2D eigenvalue weighted by Gasteiger charge is -2.27. The zero-order chi connectivity index (χ0) is 23.9. The van der Waals surface area contributed by atoms with E-state index < -0.39 is 5.97 Å². The van der Waals surface area contributed by atoms with Gasteiger partial charge in [0.15, 0.2) is 0 Å². The van der Waals surface area contributed by atoms with Crippen molar-refractivity contribution in [3.05, 3.63) is 24.0 Å². The summed E-state index contributed by atoms with van der Waals surface area (Å²) in [7, 11) is 3.59. The highest BCUT2D eigenvalue weighted by molar-refractivity contribution is 5.70. The van der Waals surface area contributed by atoms with Crippen molar-refractivity contribution in [2.24, 2.45) is 18.9 Å². The van der Waals surface area contributed by atoms with E-state index in [2.05, 4.69) is 15.3 Å². The number of carbonyl (C=O) groups is 2. The van der Waals surface area contributed by atoms with Crippen LogP contribution >= 0.6 is 0 Å². The molecule has 0 bridgehead atoms. The number of carboxylic acids is 1. The molecule has 0 radical (unpaired) electrons. The van der Waals surface area contributed by atoms with Crippen molar-refractivity contribution in [2.75, 3.05) is 7.05 Å². The molecule has 34 heavy (non-hydrogen) atoms. The molecule has 10 heteroatoms. The summed E-state index contributed by atoms with van der Waals surface area (Å²) in [5.41, 5.74) is 1.82. The first kappa shape index (κ1) is 22.6. The number of ether oxygens (including phenoxy) is 2. The number of amides is 1. The second kappa shape index (κ2) is 8.88. The van der Waals surface area contributed by atoms with Crippen molar-refractivity contribution in [3.8, 4) is 17.1 Å². The number of hydrogen-bond acceptors (Lipinski definition) is 7. The molecule has 2 aromatic rings. The van der Waals surface area contributed by atoms with Gasteiger partial charge in [0, 0.05) is 19.6 Å². The Hall–Kier alpha value is -3.17. The summed E-state index contributed by atoms with van der Waals surface area (Å²) in [4.78, 5) is 30.2. The van der Waals surface area contributed by atoms with Crippen LogP contribution < -0.4 is 4.74 Å². The molecule has 2 aromatic heterocycles. The highest BCUT2D eigenvalue weighted by atomic mass is 16.6. The van der Waals surface area contributed by atoms with E-state index in [0.717, 1.165) is 25.7 Å². The molecule has 2 atom stereocenters. The Morgan fingerprint density at radius 2 is 2.03 bits per heavy atom. The van der Waals surface area contributed by atoms with Crippen molar-refractivity contribution in [1.29, 1.82) is 0 Å². The molecule has 0 aliphatic heterocycles. The first-order valence-corrected chi connectivity index (χ1v) is 12.0. The summed E-state index contributed by atoms with van der Waals surface area (Å²) in [6.07, 6.45) is 8.54. The number of hydrogen-bond donors (Lipinski definition) is 1. The van der Waals surface area contributed by atoms with Crippen LogP contribution in [0.2, 0.25) is 0 Å². The van der Waals surface area contributed by atoms with Gasteiger partial charge in [-0.15, -0.1) is 5.10 Å². The Labute approximate surface area is 198 Å². The smallest absolute Gasteiger partial charge is 0.410 e. The van der Waals surface area contributed by atoms with E-state index in [4.69, 9.17) is 9.47 Å². The van der Waals surface area contributed by atoms with Crippen LogP contribution in [-0.2, 0) is 23.2 Å². The number of rotatable bonds is 8. The Balaban J connectivity index is 1.22. The summed E-state index contributed by atoms with van der Waals surface area (Å²) in [6.45, 7) is 0.0569. The van der Waals surface area contributed by atoms with E-state index in [1.54, 1.807) is 35.0 Å². The molecule has 0 aromatic carbocycles. The highest BCUT2D eigenvalue weighted by Gasteiger charge is 2.58. The third kappa shape index (κ3) is 4.45. The lowest BCUT2D eigenvalue weighted by molar-refractivity contribution is -0.143. The number of aromatic nitrogens is 4. The Morgan fingerprint density at radius 1 is 1.24 bits per heavy atom. The van der Waals surface area contributed by atoms with Gasteiger partial charge in [0.2, 0.25) is 0 Å². The summed E-state index contributed by atoms with van der Waals surface area (Å²) in [6, 6.07) is 3.60. The molecule has 1 N–H and O–H groups in total. The van der Waals surface area contributed by atoms with Gasteiger partial charge in [0.25, 0.3) is 0 Å². The molecule has 3 saturated carbocycles. The van der Waals surface area contributed by atoms with Crippen LogP contribution in [0.25, 0.3) is 11.4 Å². The lowest BCUT2D eigenvalue weighted by atomic mass is 9.87. The van der Waals surface area contributed by atoms with E-state index in [0.29, 0.717) is 41.6 Å². The van der Waals surface area contributed by atoms with Gasteiger partial charge < -0.3 is 19.5 Å². The van der Waals surface area contributed by atoms with Crippen molar-refractivity contribution in [2.45, 2.75) is 69.6 Å². The first-order valence-electron chi connectivity index (χ1n) is 12.0. The minimum absolute atomic E-state index is 0.00479. The van der Waals surface area contributed by atoms with Crippen LogP contribution in [0.5, 0.6) is 5.75 Å². The minimum atomic E-state index is -0.760. The van der Waals surface area contributed by atoms with Gasteiger partial charge in [0.05, 0.1) is 23.9 Å². The van der Waals surface area contributed by atoms with E-state index in [1.165, 1.54) is 12.8 Å². The fourth-order valence-electron chi connectivity index (χ4n) is 5.17. The molecule has 2 heterocycles. The van der Waals surface area contributed by atoms with Crippen LogP contribution in [0.4, 0.5) is 4.79 Å². The van der Waals surface area contributed by atoms with Crippen LogP contribution in [-0.4, -0.2) is 60.7 Å². The van der Waals surface area contributed by atoms with Gasteiger partial charge in [-0.25, -0.2) is 9.48 Å². The molecular formula is C24H31N5O5. The number of pyridine rings is 1. The van der Waals surface area contributed by atoms with Gasteiger partial charge in [-0.2, -0.15) is 0 Å². The maximum atomic E-state index is 12.7. The predicted octanol–water partition coefficient (Wildman–Crippen LogP) is 3.41. The van der Waals surface area contributed by atoms with Crippen LogP contribution in [0.1, 0.15) is 57.1 Å². The quantitative estimate of drug-likeness (QED) is 0.625. The molecule has 0 spiro atoms. The monoisotopic (exact) mass is 469 g/mol. The fraction of sp³-hybridized carbons (Fsp3) is 0.625. The minimum Gasteiger partial charge on any atom is -0.489 e. The Kier molecular flexibility index (Phi) is 5.91. The number of carbonyl (C=O) groups excluding carboxylic acids is 1. The normalized spacial score (nSPS) is 23.2. The van der Waals surface area contributed by atoms with Gasteiger partial charge >= 0.3 is 12.1 Å². The third-order valence-corrected chi connectivity index (χ3v) is 7.57. The summed E-state index contributed by atoms with van der Waals surface area (Å²) in [5, 5.41) is 17.6. The number of aryl methyl sites for hydroxylation is 1. The molecule has 0 saturated heterocycles. The summed E-state index contributed by atoms with van der Waals surface area (Å²) < 4.78 is 13.2. The van der Waals surface area contributed by atoms with Gasteiger partial charge in [-0.05, 0) is 69.4 Å². The maximum absolute atomic E-state index is 12.7. The van der Waals surface area contributed by atoms with Crippen LogP contribution in [0.3, 0.4) is 0 Å². The highest BCUT2D eigenvalue weighted by Crippen LogP contribution is 2.57. The third-order valence-electron chi connectivity index (χ3n) is 7.57. The van der Waals surface area contributed by atoms with E-state index >= 15 is 0 Å². The van der Waals surface area contributed by atoms with Crippen molar-refractivity contribution in [3.63, 3.8) is 0 Å². The molecular weight excluding hydrogens is 438 g/mol. The van der Waals surface area contributed by atoms with E-state index in [9.17, 15) is 14.7 Å². The van der Waals surface area contributed by atoms with Crippen LogP contribution in [0.15, 0.2) is 18.3 Å². The average molecular weight is 470 g/mol. The molecule has 3 fully saturated rings. The Morgan fingerprint density at radius 3 is 2.68 bits per heavy atom. The number of carboxylic acid groups (broad SMARTS) is 1. The van der Waals surface area contributed by atoms with Crippen molar-refractivity contribution >= 4 is 12.1 Å². The molecule has 0 unspecified atom stereocenters. The molecule has 3 aliphatic carbocycles. The Bertz CT molecular complexity index is 1060. The van der Waals surface area contributed by atoms with E-state index in [-0.39, 0.29) is 30.3 Å². The predicted molar refractivity (Wildman–Crippen MR) is 121 cm³/mol. The topological polar surface area (TPSA) is 120 Å². The second-order valence-corrected chi connectivity index (χ2v) is 9.82. The zero-order valence-electron chi connectivity index (χ0n) is 19.6. The molecule has 5 rings (SSSR count). The SMILES string of the molecule is CN(C(=O)OCc1c(-c2ccc(O[C@H]3CCC[C@H](C(=O)O)C3)cn2)nnn1C)C1(C2CC2)CC1. The van der Waals surface area contributed by atoms with Gasteiger partial charge in [0.1, 0.15) is 23.7 Å². The lowest BCUT2D eigenvalue weighted by Crippen LogP contribution is -2.40. The number of aliphatic carboxylic acids is 1. The standard InChI is InChI=1S/C24H31N5O5/c1-28(24(10-11-24)16-6-7-16)23(32)33-14-20-21(26-27-29(20)2)19-9-8-18(13-25-19)34-17-5-3-4-15(12-17)22(30)31/h8-9,13,15-17H,3-7,10-12,14H2,1-2H3,(H,30,31)/t15-,17-/m0/s1. The van der Waals surface area contributed by atoms with Gasteiger partial charge in [-0.1, -0.05) is 5.21 Å². The molecule has 3 aliphatic rings. The van der Waals surface area contributed by atoms with Crippen molar-refractivity contribution in [1.82, 2.24) is 24.9 Å². The molecule has 182 valence electrons. The average Bonchev–Trinajstić information content (AvgIpc) is 3.75.